The van der Waals surface area contributed by atoms with Gasteiger partial charge in [-0.1, -0.05) is 41.9 Å². The zero-order valence-corrected chi connectivity index (χ0v) is 16.8. The lowest BCUT2D eigenvalue weighted by molar-refractivity contribution is 0.101. The third-order valence-electron chi connectivity index (χ3n) is 3.80. The van der Waals surface area contributed by atoms with Gasteiger partial charge in [0.15, 0.2) is 5.82 Å². The van der Waals surface area contributed by atoms with Gasteiger partial charge in [-0.3, -0.25) is 4.79 Å². The van der Waals surface area contributed by atoms with E-state index in [1.54, 1.807) is 0 Å². The van der Waals surface area contributed by atoms with Crippen LogP contribution in [0.1, 0.15) is 21.7 Å². The maximum absolute atomic E-state index is 14.3. The summed E-state index contributed by atoms with van der Waals surface area (Å²) < 4.78 is 40.5. The summed E-state index contributed by atoms with van der Waals surface area (Å²) in [5.74, 6) is -1.71. The van der Waals surface area contributed by atoms with Gasteiger partial charge in [-0.25, -0.2) is 27.2 Å². The van der Waals surface area contributed by atoms with Crippen LogP contribution in [0.15, 0.2) is 48.8 Å². The van der Waals surface area contributed by atoms with Crippen molar-refractivity contribution >= 4 is 33.2 Å². The molecule has 1 aromatic heterocycles. The second-order valence-corrected chi connectivity index (χ2v) is 8.48. The summed E-state index contributed by atoms with van der Waals surface area (Å²) in [4.78, 5) is 16.3. The molecule has 0 unspecified atom stereocenters. The third kappa shape index (κ3) is 5.83. The Kier molecular flexibility index (Phi) is 6.26. The minimum absolute atomic E-state index is 0.105. The van der Waals surface area contributed by atoms with Crippen molar-refractivity contribution < 1.29 is 17.6 Å². The number of carbonyl (C=O) groups is 1. The monoisotopic (exact) mass is 437 g/mol. The van der Waals surface area contributed by atoms with Crippen molar-refractivity contribution in [2.75, 3.05) is 11.6 Å². The zero-order valence-electron chi connectivity index (χ0n) is 15.3. The van der Waals surface area contributed by atoms with Crippen LogP contribution >= 0.6 is 11.6 Å². The van der Waals surface area contributed by atoms with E-state index in [0.717, 1.165) is 11.8 Å². The molecule has 8 nitrogen and oxygen atoms in total. The zero-order chi connectivity index (χ0) is 21.0. The molecule has 1 heterocycles. The van der Waals surface area contributed by atoms with Crippen LogP contribution in [0.2, 0.25) is 5.02 Å². The van der Waals surface area contributed by atoms with Crippen molar-refractivity contribution in [2.45, 2.75) is 13.1 Å². The molecular formula is C18H17ClFN5O3S. The maximum atomic E-state index is 14.3. The van der Waals surface area contributed by atoms with E-state index in [9.17, 15) is 17.6 Å². The molecule has 0 radical (unpaired) electrons. The van der Waals surface area contributed by atoms with Crippen LogP contribution in [-0.4, -0.2) is 35.3 Å². The predicted molar refractivity (Wildman–Crippen MR) is 107 cm³/mol. The molecular weight excluding hydrogens is 421 g/mol. The largest absolute Gasteiger partial charge is 0.317 e. The Hall–Kier alpha value is -2.82. The first-order valence-electron chi connectivity index (χ1n) is 8.38. The van der Waals surface area contributed by atoms with Gasteiger partial charge in [-0.2, -0.15) is 0 Å². The number of sulfonamides is 1. The van der Waals surface area contributed by atoms with Crippen LogP contribution < -0.4 is 10.0 Å². The van der Waals surface area contributed by atoms with E-state index in [-0.39, 0.29) is 23.1 Å². The number of anilines is 1. The van der Waals surface area contributed by atoms with E-state index >= 15 is 0 Å². The average Bonchev–Trinajstić information content (AvgIpc) is 3.13. The van der Waals surface area contributed by atoms with Crippen LogP contribution in [0.25, 0.3) is 0 Å². The summed E-state index contributed by atoms with van der Waals surface area (Å²) in [5, 5.41) is 6.21. The molecule has 0 aliphatic rings. The van der Waals surface area contributed by atoms with Crippen LogP contribution in [0, 0.1) is 5.82 Å². The topological polar surface area (TPSA) is 106 Å². The fraction of sp³-hybridized carbons (Fsp3) is 0.167. The first-order valence-corrected chi connectivity index (χ1v) is 10.7. The molecule has 3 aromatic rings. The Morgan fingerprint density at radius 3 is 2.62 bits per heavy atom. The van der Waals surface area contributed by atoms with Crippen molar-refractivity contribution in [3.8, 4) is 0 Å². The van der Waals surface area contributed by atoms with Gasteiger partial charge in [-0.05, 0) is 23.3 Å². The van der Waals surface area contributed by atoms with Gasteiger partial charge in [0.1, 0.15) is 6.33 Å². The number of hydrogen-bond acceptors (Lipinski definition) is 5. The summed E-state index contributed by atoms with van der Waals surface area (Å²) in [7, 11) is -3.44. The molecule has 3 rings (SSSR count). The fourth-order valence-electron chi connectivity index (χ4n) is 2.48. The lowest BCUT2D eigenvalue weighted by atomic mass is 10.2. The Bertz CT molecular complexity index is 1140. The standard InChI is InChI=1S/C18H17ClFN5O3S/c1-29(27,28)22-9-13-7-14(19)16(20)15(8-13)23-18(26)17-21-11-25(24-17)10-12-5-3-2-4-6-12/h2-8,11,22H,9-10H2,1H3,(H,23,26). The molecule has 2 aromatic carbocycles. The van der Waals surface area contributed by atoms with E-state index in [2.05, 4.69) is 20.1 Å². The van der Waals surface area contributed by atoms with Crippen molar-refractivity contribution in [2.24, 2.45) is 0 Å². The Morgan fingerprint density at radius 2 is 1.93 bits per heavy atom. The number of carbonyl (C=O) groups excluding carboxylic acids is 1. The number of amides is 1. The molecule has 29 heavy (non-hydrogen) atoms. The number of halogens is 2. The number of hydrogen-bond donors (Lipinski definition) is 2. The van der Waals surface area contributed by atoms with Gasteiger partial charge < -0.3 is 5.32 Å². The summed E-state index contributed by atoms with van der Waals surface area (Å²) in [5.41, 5.74) is 1.15. The quantitative estimate of drug-likeness (QED) is 0.590. The highest BCUT2D eigenvalue weighted by Crippen LogP contribution is 2.25. The van der Waals surface area contributed by atoms with Gasteiger partial charge in [0, 0.05) is 6.54 Å². The first kappa shape index (κ1) is 20.9. The summed E-state index contributed by atoms with van der Waals surface area (Å²) >= 11 is 5.85. The number of nitrogens with zero attached hydrogens (tertiary/aromatic N) is 3. The van der Waals surface area contributed by atoms with E-state index in [4.69, 9.17) is 11.6 Å². The van der Waals surface area contributed by atoms with Crippen LogP contribution in [0.4, 0.5) is 10.1 Å². The Balaban J connectivity index is 1.74. The fourth-order valence-corrected chi connectivity index (χ4v) is 3.15. The van der Waals surface area contributed by atoms with E-state index < -0.39 is 21.7 Å². The van der Waals surface area contributed by atoms with Gasteiger partial charge in [0.05, 0.1) is 23.5 Å². The second kappa shape index (κ2) is 8.68. The Morgan fingerprint density at radius 1 is 1.21 bits per heavy atom. The molecule has 11 heteroatoms. The minimum atomic E-state index is -3.44. The molecule has 0 atom stereocenters. The summed E-state index contributed by atoms with van der Waals surface area (Å²) in [6, 6.07) is 12.1. The van der Waals surface area contributed by atoms with Gasteiger partial charge in [0.2, 0.25) is 15.8 Å². The number of aromatic nitrogens is 3. The van der Waals surface area contributed by atoms with Gasteiger partial charge in [-0.15, -0.1) is 5.10 Å². The molecule has 152 valence electrons. The SMILES string of the molecule is CS(=O)(=O)NCc1cc(Cl)c(F)c(NC(=O)c2ncn(Cc3ccccc3)n2)c1. The van der Waals surface area contributed by atoms with Crippen molar-refractivity contribution in [3.05, 3.63) is 76.6 Å². The van der Waals surface area contributed by atoms with E-state index in [1.807, 2.05) is 30.3 Å². The normalized spacial score (nSPS) is 11.4. The van der Waals surface area contributed by atoms with Crippen molar-refractivity contribution in [1.29, 1.82) is 0 Å². The van der Waals surface area contributed by atoms with Crippen LogP contribution in [0.3, 0.4) is 0 Å². The minimum Gasteiger partial charge on any atom is -0.317 e. The molecule has 1 amide bonds. The van der Waals surface area contributed by atoms with E-state index in [0.29, 0.717) is 12.1 Å². The maximum Gasteiger partial charge on any atom is 0.295 e. The smallest absolute Gasteiger partial charge is 0.295 e. The number of nitrogens with one attached hydrogen (secondary N) is 2. The lowest BCUT2D eigenvalue weighted by Crippen LogP contribution is -2.21. The highest BCUT2D eigenvalue weighted by molar-refractivity contribution is 7.88. The highest BCUT2D eigenvalue weighted by Gasteiger charge is 2.17. The summed E-state index contributed by atoms with van der Waals surface area (Å²) in [6.45, 7) is 0.319. The molecule has 0 aliphatic heterocycles. The molecule has 0 spiro atoms. The Labute approximate surface area is 171 Å². The summed E-state index contributed by atoms with van der Waals surface area (Å²) in [6.07, 6.45) is 2.40. The molecule has 0 aliphatic carbocycles. The van der Waals surface area contributed by atoms with Crippen molar-refractivity contribution in [3.63, 3.8) is 0 Å². The van der Waals surface area contributed by atoms with Gasteiger partial charge >= 0.3 is 0 Å². The first-order chi connectivity index (χ1) is 13.7. The lowest BCUT2D eigenvalue weighted by Gasteiger charge is -2.10. The molecule has 0 saturated carbocycles. The van der Waals surface area contributed by atoms with Crippen molar-refractivity contribution in [1.82, 2.24) is 19.5 Å². The molecule has 0 bridgehead atoms. The van der Waals surface area contributed by atoms with E-state index in [1.165, 1.54) is 23.1 Å². The molecule has 0 fully saturated rings. The van der Waals surface area contributed by atoms with Crippen LogP contribution in [-0.2, 0) is 23.1 Å². The molecule has 0 saturated heterocycles. The second-order valence-electron chi connectivity index (χ2n) is 6.24. The van der Waals surface area contributed by atoms with Gasteiger partial charge in [0.25, 0.3) is 5.91 Å². The third-order valence-corrected chi connectivity index (χ3v) is 4.75. The predicted octanol–water partition coefficient (Wildman–Crippen LogP) is 2.42. The van der Waals surface area contributed by atoms with Crippen LogP contribution in [0.5, 0.6) is 0 Å². The highest BCUT2D eigenvalue weighted by atomic mass is 35.5. The number of rotatable bonds is 7. The molecule has 2 N–H and O–H groups in total. The average molecular weight is 438 g/mol. The number of benzene rings is 2.